The van der Waals surface area contributed by atoms with E-state index in [0.717, 1.165) is 0 Å². The summed E-state index contributed by atoms with van der Waals surface area (Å²) >= 11 is 0. The normalized spacial score (nSPS) is 14.1. The summed E-state index contributed by atoms with van der Waals surface area (Å²) in [5.74, 6) is -0.552. The van der Waals surface area contributed by atoms with Gasteiger partial charge >= 0.3 is 5.97 Å². The lowest BCUT2D eigenvalue weighted by Crippen LogP contribution is -2.29. The number of carbonyl (C=O) groups excluding carboxylic acids is 1. The molecular formula is C17H18N2O6S2. The van der Waals surface area contributed by atoms with Crippen molar-refractivity contribution in [1.82, 2.24) is 0 Å². The molecule has 8 nitrogen and oxygen atoms in total. The minimum absolute atomic E-state index is 0.0564. The van der Waals surface area contributed by atoms with E-state index < -0.39 is 26.0 Å². The molecule has 3 rings (SSSR count). The molecule has 0 radical (unpaired) electrons. The third-order valence-electron chi connectivity index (χ3n) is 4.40. The summed E-state index contributed by atoms with van der Waals surface area (Å²) in [6.07, 6.45) is 0.372. The number of esters is 1. The summed E-state index contributed by atoms with van der Waals surface area (Å²) in [5, 5.41) is 5.13. The van der Waals surface area contributed by atoms with Gasteiger partial charge < -0.3 is 4.74 Å². The number of hydrogen-bond donors (Lipinski definition) is 1. The molecule has 0 aromatic heterocycles. The molecule has 0 bridgehead atoms. The lowest BCUT2D eigenvalue weighted by atomic mass is 10.1. The number of carbonyl (C=O) groups is 1. The maximum Gasteiger partial charge on any atom is 0.337 e. The lowest BCUT2D eigenvalue weighted by Gasteiger charge is -2.21. The van der Waals surface area contributed by atoms with Gasteiger partial charge in [-0.25, -0.2) is 26.8 Å². The second kappa shape index (κ2) is 6.63. The average Bonchev–Trinajstić information content (AvgIpc) is 3.03. The summed E-state index contributed by atoms with van der Waals surface area (Å²) in [5.41, 5.74) is 1.67. The van der Waals surface area contributed by atoms with Crippen LogP contribution in [0, 0.1) is 6.92 Å². The Kier molecular flexibility index (Phi) is 4.74. The van der Waals surface area contributed by atoms with Gasteiger partial charge in [-0.05, 0) is 60.9 Å². The first-order chi connectivity index (χ1) is 12.6. The first kappa shape index (κ1) is 19.3. The number of rotatable bonds is 4. The van der Waals surface area contributed by atoms with Crippen LogP contribution in [-0.2, 0) is 31.2 Å². The van der Waals surface area contributed by atoms with Crippen molar-refractivity contribution < 1.29 is 26.4 Å². The molecule has 0 atom stereocenters. The number of benzene rings is 2. The van der Waals surface area contributed by atoms with Gasteiger partial charge in [0, 0.05) is 6.54 Å². The van der Waals surface area contributed by atoms with Crippen molar-refractivity contribution in [3.8, 4) is 0 Å². The van der Waals surface area contributed by atoms with Gasteiger partial charge in [0.15, 0.2) is 0 Å². The Morgan fingerprint density at radius 1 is 1.11 bits per heavy atom. The highest BCUT2D eigenvalue weighted by atomic mass is 32.2. The van der Waals surface area contributed by atoms with Crippen molar-refractivity contribution in [2.24, 2.45) is 5.14 Å². The molecule has 0 amide bonds. The molecule has 144 valence electrons. The van der Waals surface area contributed by atoms with E-state index in [2.05, 4.69) is 4.74 Å². The van der Waals surface area contributed by atoms with Crippen LogP contribution in [0.4, 0.5) is 5.69 Å². The van der Waals surface area contributed by atoms with Crippen LogP contribution in [0.25, 0.3) is 0 Å². The van der Waals surface area contributed by atoms with Crippen LogP contribution in [-0.4, -0.2) is 36.5 Å². The van der Waals surface area contributed by atoms with Gasteiger partial charge in [0.2, 0.25) is 10.0 Å². The molecule has 0 fully saturated rings. The van der Waals surface area contributed by atoms with Crippen LogP contribution in [0.15, 0.2) is 46.2 Å². The second-order valence-corrected chi connectivity index (χ2v) is 9.53. The molecule has 2 aromatic rings. The lowest BCUT2D eigenvalue weighted by molar-refractivity contribution is 0.0600. The predicted molar refractivity (Wildman–Crippen MR) is 98.6 cm³/mol. The number of fused-ring (bicyclic) bond motifs is 1. The van der Waals surface area contributed by atoms with Crippen molar-refractivity contribution in [2.45, 2.75) is 23.1 Å². The molecule has 1 heterocycles. The molecule has 0 unspecified atom stereocenters. The monoisotopic (exact) mass is 410 g/mol. The first-order valence-electron chi connectivity index (χ1n) is 7.93. The maximum atomic E-state index is 13.1. The van der Waals surface area contributed by atoms with E-state index in [0.29, 0.717) is 23.2 Å². The van der Waals surface area contributed by atoms with E-state index in [1.54, 1.807) is 6.92 Å². The number of primary sulfonamides is 1. The molecule has 2 N–H and O–H groups in total. The van der Waals surface area contributed by atoms with E-state index in [4.69, 9.17) is 5.14 Å². The van der Waals surface area contributed by atoms with Crippen LogP contribution in [0.5, 0.6) is 0 Å². The SMILES string of the molecule is COC(=O)c1ccc(S(=O)(=O)N2CCc3cc(S(N)(=O)=O)ccc32)c(C)c1. The maximum absolute atomic E-state index is 13.1. The Balaban J connectivity index is 2.03. The number of nitrogens with two attached hydrogens (primary N) is 1. The minimum atomic E-state index is -3.88. The number of nitrogens with zero attached hydrogens (tertiary/aromatic N) is 1. The zero-order chi connectivity index (χ0) is 20.0. The fourth-order valence-electron chi connectivity index (χ4n) is 3.08. The van der Waals surface area contributed by atoms with Gasteiger partial charge in [-0.15, -0.1) is 0 Å². The van der Waals surface area contributed by atoms with E-state index in [1.807, 2.05) is 0 Å². The van der Waals surface area contributed by atoms with Gasteiger partial charge in [-0.1, -0.05) is 0 Å². The third kappa shape index (κ3) is 3.43. The smallest absolute Gasteiger partial charge is 0.337 e. The number of aryl methyl sites for hydroxylation is 1. The van der Waals surface area contributed by atoms with Crippen LogP contribution in [0.3, 0.4) is 0 Å². The van der Waals surface area contributed by atoms with Gasteiger partial charge in [-0.2, -0.15) is 0 Å². The van der Waals surface area contributed by atoms with Crippen LogP contribution < -0.4 is 9.44 Å². The summed E-state index contributed by atoms with van der Waals surface area (Å²) in [7, 11) is -6.49. The zero-order valence-corrected chi connectivity index (χ0v) is 16.3. The quantitative estimate of drug-likeness (QED) is 0.755. The third-order valence-corrected chi connectivity index (χ3v) is 7.28. The number of hydrogen-bond acceptors (Lipinski definition) is 6. The highest BCUT2D eigenvalue weighted by molar-refractivity contribution is 7.93. The fourth-order valence-corrected chi connectivity index (χ4v) is 5.35. The highest BCUT2D eigenvalue weighted by Gasteiger charge is 2.32. The van der Waals surface area contributed by atoms with Crippen molar-refractivity contribution in [1.29, 1.82) is 0 Å². The number of sulfonamides is 2. The Hall–Kier alpha value is -2.43. The topological polar surface area (TPSA) is 124 Å². The fraction of sp³-hybridized carbons (Fsp3) is 0.235. The summed E-state index contributed by atoms with van der Waals surface area (Å²) < 4.78 is 55.1. The summed E-state index contributed by atoms with van der Waals surface area (Å²) in [6.45, 7) is 1.78. The molecular weight excluding hydrogens is 392 g/mol. The average molecular weight is 410 g/mol. The molecule has 1 aliphatic heterocycles. The number of ether oxygens (including phenoxy) is 1. The minimum Gasteiger partial charge on any atom is -0.465 e. The number of methoxy groups -OCH3 is 1. The predicted octanol–water partition coefficient (Wildman–Crippen LogP) is 1.18. The van der Waals surface area contributed by atoms with Crippen LogP contribution >= 0.6 is 0 Å². The van der Waals surface area contributed by atoms with Crippen LogP contribution in [0.2, 0.25) is 0 Å². The summed E-state index contributed by atoms with van der Waals surface area (Å²) in [4.78, 5) is 11.6. The molecule has 0 saturated heterocycles. The Morgan fingerprint density at radius 3 is 2.41 bits per heavy atom. The van der Waals surface area contributed by atoms with E-state index in [9.17, 15) is 21.6 Å². The van der Waals surface area contributed by atoms with Gasteiger partial charge in [-0.3, -0.25) is 4.31 Å². The van der Waals surface area contributed by atoms with Crippen molar-refractivity contribution in [3.63, 3.8) is 0 Å². The Bertz CT molecular complexity index is 1140. The van der Waals surface area contributed by atoms with Crippen LogP contribution in [0.1, 0.15) is 21.5 Å². The van der Waals surface area contributed by atoms with Crippen molar-refractivity contribution in [2.75, 3.05) is 18.0 Å². The Morgan fingerprint density at radius 2 is 1.81 bits per heavy atom. The molecule has 27 heavy (non-hydrogen) atoms. The van der Waals surface area contributed by atoms with Crippen molar-refractivity contribution >= 4 is 31.7 Å². The van der Waals surface area contributed by atoms with E-state index in [1.165, 1.54) is 47.8 Å². The van der Waals surface area contributed by atoms with Gasteiger partial charge in [0.1, 0.15) is 0 Å². The highest BCUT2D eigenvalue weighted by Crippen LogP contribution is 2.35. The molecule has 1 aliphatic rings. The first-order valence-corrected chi connectivity index (χ1v) is 10.9. The standard InChI is InChI=1S/C17H18N2O6S2/c1-11-9-13(17(20)25-2)3-6-16(11)27(23,24)19-8-7-12-10-14(26(18,21)22)4-5-15(12)19/h3-6,9-10H,7-8H2,1-2H3,(H2,18,21,22). The molecule has 0 saturated carbocycles. The molecule has 0 aliphatic carbocycles. The van der Waals surface area contributed by atoms with E-state index >= 15 is 0 Å². The van der Waals surface area contributed by atoms with E-state index in [-0.39, 0.29) is 21.9 Å². The largest absolute Gasteiger partial charge is 0.465 e. The van der Waals surface area contributed by atoms with Gasteiger partial charge in [0.05, 0.1) is 28.2 Å². The second-order valence-electron chi connectivity index (χ2n) is 6.13. The van der Waals surface area contributed by atoms with Crippen molar-refractivity contribution in [3.05, 3.63) is 53.1 Å². The summed E-state index contributed by atoms with van der Waals surface area (Å²) in [6, 6.07) is 8.35. The molecule has 10 heteroatoms. The Labute approximate surface area is 157 Å². The number of anilines is 1. The zero-order valence-electron chi connectivity index (χ0n) is 14.7. The molecule has 0 spiro atoms. The van der Waals surface area contributed by atoms with Gasteiger partial charge in [0.25, 0.3) is 10.0 Å². The molecule has 2 aromatic carbocycles.